The van der Waals surface area contributed by atoms with Crippen LogP contribution < -0.4 is 10.5 Å². The molecular formula is C12H16BrNO. The molecule has 0 amide bonds. The van der Waals surface area contributed by atoms with Crippen molar-refractivity contribution in [2.75, 3.05) is 13.7 Å². The Morgan fingerprint density at radius 3 is 2.73 bits per heavy atom. The van der Waals surface area contributed by atoms with Crippen molar-refractivity contribution in [1.29, 1.82) is 0 Å². The number of ether oxygens (including phenoxy) is 1. The highest BCUT2D eigenvalue weighted by Crippen LogP contribution is 2.49. The van der Waals surface area contributed by atoms with Crippen LogP contribution in [0.4, 0.5) is 0 Å². The largest absolute Gasteiger partial charge is 0.496 e. The molecule has 1 saturated carbocycles. The zero-order valence-corrected chi connectivity index (χ0v) is 10.5. The van der Waals surface area contributed by atoms with E-state index in [1.54, 1.807) is 7.11 Å². The van der Waals surface area contributed by atoms with Gasteiger partial charge in [-0.05, 0) is 43.4 Å². The van der Waals surface area contributed by atoms with Crippen LogP contribution in [-0.4, -0.2) is 13.7 Å². The van der Waals surface area contributed by atoms with Gasteiger partial charge < -0.3 is 10.5 Å². The molecule has 1 aromatic carbocycles. The van der Waals surface area contributed by atoms with Gasteiger partial charge in [0.2, 0.25) is 0 Å². The number of benzene rings is 1. The molecule has 0 aromatic heterocycles. The average Bonchev–Trinajstić information content (AvgIpc) is 3.02. The molecule has 2 nitrogen and oxygen atoms in total. The maximum atomic E-state index is 5.80. The van der Waals surface area contributed by atoms with Crippen LogP contribution in [0.25, 0.3) is 0 Å². The van der Waals surface area contributed by atoms with Gasteiger partial charge in [0.25, 0.3) is 0 Å². The summed E-state index contributed by atoms with van der Waals surface area (Å²) in [5.74, 6) is 0.962. The molecule has 0 heterocycles. The Kier molecular flexibility index (Phi) is 3.03. The Morgan fingerprint density at radius 2 is 2.20 bits per heavy atom. The molecule has 0 aliphatic heterocycles. The predicted molar refractivity (Wildman–Crippen MR) is 65.1 cm³/mol. The zero-order valence-electron chi connectivity index (χ0n) is 8.92. The molecule has 0 unspecified atom stereocenters. The summed E-state index contributed by atoms with van der Waals surface area (Å²) in [6.45, 7) is 0.775. The summed E-state index contributed by atoms with van der Waals surface area (Å²) in [6.07, 6.45) is 3.51. The molecule has 1 aromatic rings. The SMILES string of the molecule is COc1cccc(Br)c1CC1(CN)CC1. The van der Waals surface area contributed by atoms with Crippen molar-refractivity contribution in [1.82, 2.24) is 0 Å². The first kappa shape index (κ1) is 11.0. The minimum Gasteiger partial charge on any atom is -0.496 e. The van der Waals surface area contributed by atoms with Crippen LogP contribution >= 0.6 is 15.9 Å². The highest BCUT2D eigenvalue weighted by molar-refractivity contribution is 9.10. The number of nitrogens with two attached hydrogens (primary N) is 1. The quantitative estimate of drug-likeness (QED) is 0.913. The van der Waals surface area contributed by atoms with Gasteiger partial charge in [-0.25, -0.2) is 0 Å². The maximum absolute atomic E-state index is 5.80. The Balaban J connectivity index is 2.26. The molecule has 3 heteroatoms. The van der Waals surface area contributed by atoms with Crippen molar-refractivity contribution < 1.29 is 4.74 Å². The summed E-state index contributed by atoms with van der Waals surface area (Å²) < 4.78 is 6.50. The van der Waals surface area contributed by atoms with Crippen molar-refractivity contribution >= 4 is 15.9 Å². The fourth-order valence-corrected chi connectivity index (χ4v) is 2.39. The molecule has 82 valence electrons. The van der Waals surface area contributed by atoms with Gasteiger partial charge in [-0.15, -0.1) is 0 Å². The summed E-state index contributed by atoms with van der Waals surface area (Å²) in [5, 5.41) is 0. The number of hydrogen-bond acceptors (Lipinski definition) is 2. The molecule has 0 spiro atoms. The van der Waals surface area contributed by atoms with E-state index >= 15 is 0 Å². The fraction of sp³-hybridized carbons (Fsp3) is 0.500. The lowest BCUT2D eigenvalue weighted by molar-refractivity contribution is 0.401. The number of halogens is 1. The third-order valence-corrected chi connectivity index (χ3v) is 3.98. The van der Waals surface area contributed by atoms with E-state index in [1.165, 1.54) is 18.4 Å². The molecular weight excluding hydrogens is 254 g/mol. The van der Waals surface area contributed by atoms with Gasteiger partial charge in [0.05, 0.1) is 7.11 Å². The third-order valence-electron chi connectivity index (χ3n) is 3.24. The molecule has 1 aliphatic carbocycles. The lowest BCUT2D eigenvalue weighted by Crippen LogP contribution is -2.18. The minimum atomic E-state index is 0.344. The van der Waals surface area contributed by atoms with Gasteiger partial charge in [-0.2, -0.15) is 0 Å². The first-order valence-corrected chi connectivity index (χ1v) is 6.01. The molecule has 1 aliphatic rings. The van der Waals surface area contributed by atoms with E-state index in [4.69, 9.17) is 10.5 Å². The van der Waals surface area contributed by atoms with Gasteiger partial charge >= 0.3 is 0 Å². The van der Waals surface area contributed by atoms with Crippen LogP contribution in [0.5, 0.6) is 5.75 Å². The Hall–Kier alpha value is -0.540. The molecule has 0 atom stereocenters. The first-order chi connectivity index (χ1) is 7.21. The number of methoxy groups -OCH3 is 1. The van der Waals surface area contributed by atoms with Crippen LogP contribution in [0.1, 0.15) is 18.4 Å². The second-order valence-corrected chi connectivity index (χ2v) is 5.16. The Bertz CT molecular complexity index is 361. The summed E-state index contributed by atoms with van der Waals surface area (Å²) in [6, 6.07) is 6.06. The molecule has 0 bridgehead atoms. The zero-order chi connectivity index (χ0) is 10.9. The van der Waals surface area contributed by atoms with Crippen LogP contribution in [0, 0.1) is 5.41 Å². The minimum absolute atomic E-state index is 0.344. The van der Waals surface area contributed by atoms with E-state index in [1.807, 2.05) is 12.1 Å². The van der Waals surface area contributed by atoms with Gasteiger partial charge in [0, 0.05) is 10.0 Å². The summed E-state index contributed by atoms with van der Waals surface area (Å²) in [4.78, 5) is 0. The standard InChI is InChI=1S/C12H16BrNO/c1-15-11-4-2-3-10(13)9(11)7-12(8-14)5-6-12/h2-4H,5-8,14H2,1H3. The van der Waals surface area contributed by atoms with Crippen LogP contribution in [0.3, 0.4) is 0 Å². The molecule has 0 radical (unpaired) electrons. The fourth-order valence-electron chi connectivity index (χ4n) is 1.91. The van der Waals surface area contributed by atoms with Crippen molar-refractivity contribution in [3.8, 4) is 5.75 Å². The van der Waals surface area contributed by atoms with Crippen molar-refractivity contribution in [3.05, 3.63) is 28.2 Å². The summed E-state index contributed by atoms with van der Waals surface area (Å²) in [5.41, 5.74) is 7.40. The highest BCUT2D eigenvalue weighted by Gasteiger charge is 2.41. The monoisotopic (exact) mass is 269 g/mol. The Morgan fingerprint density at radius 1 is 1.47 bits per heavy atom. The van der Waals surface area contributed by atoms with E-state index in [-0.39, 0.29) is 0 Å². The summed E-state index contributed by atoms with van der Waals surface area (Å²) >= 11 is 3.58. The lowest BCUT2D eigenvalue weighted by Gasteiger charge is -2.16. The van der Waals surface area contributed by atoms with Gasteiger partial charge in [0.15, 0.2) is 0 Å². The number of rotatable bonds is 4. The van der Waals surface area contributed by atoms with Gasteiger partial charge in [-0.1, -0.05) is 22.0 Å². The van der Waals surface area contributed by atoms with Gasteiger partial charge in [-0.3, -0.25) is 0 Å². The molecule has 1 fully saturated rings. The second-order valence-electron chi connectivity index (χ2n) is 4.30. The topological polar surface area (TPSA) is 35.2 Å². The average molecular weight is 270 g/mol. The van der Waals surface area contributed by atoms with E-state index in [0.717, 1.165) is 23.2 Å². The van der Waals surface area contributed by atoms with Crippen LogP contribution in [0.15, 0.2) is 22.7 Å². The maximum Gasteiger partial charge on any atom is 0.123 e. The Labute approximate surface area is 98.9 Å². The number of hydrogen-bond donors (Lipinski definition) is 1. The van der Waals surface area contributed by atoms with E-state index in [2.05, 4.69) is 22.0 Å². The molecule has 2 rings (SSSR count). The normalized spacial score (nSPS) is 17.5. The lowest BCUT2D eigenvalue weighted by atomic mass is 9.96. The van der Waals surface area contributed by atoms with E-state index in [9.17, 15) is 0 Å². The van der Waals surface area contributed by atoms with Crippen LogP contribution in [-0.2, 0) is 6.42 Å². The van der Waals surface area contributed by atoms with Crippen molar-refractivity contribution in [2.24, 2.45) is 11.1 Å². The van der Waals surface area contributed by atoms with E-state index in [0.29, 0.717) is 5.41 Å². The van der Waals surface area contributed by atoms with Crippen molar-refractivity contribution in [3.63, 3.8) is 0 Å². The van der Waals surface area contributed by atoms with E-state index < -0.39 is 0 Å². The molecule has 0 saturated heterocycles. The molecule has 15 heavy (non-hydrogen) atoms. The smallest absolute Gasteiger partial charge is 0.123 e. The summed E-state index contributed by atoms with van der Waals surface area (Å²) in [7, 11) is 1.72. The second kappa shape index (κ2) is 4.14. The molecule has 2 N–H and O–H groups in total. The highest BCUT2D eigenvalue weighted by atomic mass is 79.9. The van der Waals surface area contributed by atoms with Crippen LogP contribution in [0.2, 0.25) is 0 Å². The third kappa shape index (κ3) is 2.18. The predicted octanol–water partition coefficient (Wildman–Crippen LogP) is 2.74. The van der Waals surface area contributed by atoms with Gasteiger partial charge in [0.1, 0.15) is 5.75 Å². The first-order valence-electron chi connectivity index (χ1n) is 5.22. The van der Waals surface area contributed by atoms with Crippen molar-refractivity contribution in [2.45, 2.75) is 19.3 Å².